The van der Waals surface area contributed by atoms with Crippen LogP contribution in [-0.4, -0.2) is 35.2 Å². The Kier molecular flexibility index (Phi) is 7.51. The summed E-state index contributed by atoms with van der Waals surface area (Å²) in [6.07, 6.45) is 3.82. The van der Waals surface area contributed by atoms with E-state index in [4.69, 9.17) is 27.9 Å². The van der Waals surface area contributed by atoms with Gasteiger partial charge in [-0.05, 0) is 73.1 Å². The Hall–Kier alpha value is -1.53. The number of piperidine rings is 1. The zero-order valence-corrected chi connectivity index (χ0v) is 18.6. The van der Waals surface area contributed by atoms with Crippen LogP contribution < -0.4 is 4.74 Å². The van der Waals surface area contributed by atoms with Crippen molar-refractivity contribution in [3.8, 4) is 5.75 Å². The molecule has 4 nitrogen and oxygen atoms in total. The van der Waals surface area contributed by atoms with Crippen LogP contribution in [0.3, 0.4) is 0 Å². The highest BCUT2D eigenvalue weighted by molar-refractivity contribution is 6.35. The average Bonchev–Trinajstić information content (AvgIpc) is 3.50. The highest BCUT2D eigenvalue weighted by atomic mass is 35.5. The quantitative estimate of drug-likeness (QED) is 0.544. The largest absolute Gasteiger partial charge is 0.489 e. The van der Waals surface area contributed by atoms with Crippen molar-refractivity contribution in [3.05, 3.63) is 62.9 Å². The van der Waals surface area contributed by atoms with E-state index >= 15 is 0 Å². The molecule has 30 heavy (non-hydrogen) atoms. The summed E-state index contributed by atoms with van der Waals surface area (Å²) in [5.74, 6) is -0.879. The number of likely N-dealkylation sites (tertiary alicyclic amines) is 1. The minimum absolute atomic E-state index is 0. The van der Waals surface area contributed by atoms with Gasteiger partial charge in [-0.25, -0.2) is 9.18 Å². The molecule has 1 saturated heterocycles. The molecule has 1 aliphatic heterocycles. The van der Waals surface area contributed by atoms with Crippen LogP contribution in [0.15, 0.2) is 30.3 Å². The van der Waals surface area contributed by atoms with Crippen molar-refractivity contribution >= 4 is 41.6 Å². The third kappa shape index (κ3) is 5.38. The lowest BCUT2D eigenvalue weighted by Gasteiger charge is -2.32. The van der Waals surface area contributed by atoms with Gasteiger partial charge < -0.3 is 9.84 Å². The molecule has 8 heteroatoms. The van der Waals surface area contributed by atoms with E-state index in [1.165, 1.54) is 12.1 Å². The monoisotopic (exact) mass is 473 g/mol. The van der Waals surface area contributed by atoms with Crippen molar-refractivity contribution in [3.63, 3.8) is 0 Å². The summed E-state index contributed by atoms with van der Waals surface area (Å²) in [7, 11) is 0. The Morgan fingerprint density at radius 3 is 2.43 bits per heavy atom. The van der Waals surface area contributed by atoms with Crippen molar-refractivity contribution in [1.29, 1.82) is 0 Å². The Morgan fingerprint density at radius 1 is 1.13 bits per heavy atom. The van der Waals surface area contributed by atoms with Gasteiger partial charge >= 0.3 is 5.97 Å². The molecule has 2 aromatic rings. The first-order valence-corrected chi connectivity index (χ1v) is 10.6. The fraction of sp³-hybridized carbons (Fsp3) is 0.409. The van der Waals surface area contributed by atoms with Crippen LogP contribution in [0.2, 0.25) is 10.0 Å². The molecule has 2 aromatic carbocycles. The maximum absolute atomic E-state index is 14.2. The van der Waals surface area contributed by atoms with Crippen LogP contribution in [0.4, 0.5) is 4.39 Å². The molecule has 0 amide bonds. The third-order valence-corrected chi connectivity index (χ3v) is 6.12. The van der Waals surface area contributed by atoms with Gasteiger partial charge in [-0.1, -0.05) is 23.2 Å². The number of rotatable bonds is 6. The zero-order chi connectivity index (χ0) is 20.5. The van der Waals surface area contributed by atoms with Gasteiger partial charge in [-0.15, -0.1) is 12.4 Å². The molecule has 162 valence electrons. The lowest BCUT2D eigenvalue weighted by Crippen LogP contribution is -2.38. The number of hydrogen-bond acceptors (Lipinski definition) is 3. The lowest BCUT2D eigenvalue weighted by molar-refractivity contribution is 0.0691. The fourth-order valence-corrected chi connectivity index (χ4v) is 4.34. The number of ether oxygens (including phenoxy) is 1. The van der Waals surface area contributed by atoms with Crippen molar-refractivity contribution < 1.29 is 19.0 Å². The van der Waals surface area contributed by atoms with Crippen molar-refractivity contribution in [2.45, 2.75) is 44.2 Å². The topological polar surface area (TPSA) is 49.8 Å². The number of hydrogen-bond donors (Lipinski definition) is 1. The number of aromatic carboxylic acids is 1. The summed E-state index contributed by atoms with van der Waals surface area (Å²) in [5, 5.41) is 10.3. The Balaban J connectivity index is 0.00000256. The van der Waals surface area contributed by atoms with Crippen LogP contribution in [0.1, 0.15) is 53.1 Å². The second kappa shape index (κ2) is 9.73. The summed E-state index contributed by atoms with van der Waals surface area (Å²) in [4.78, 5) is 13.5. The Labute approximate surface area is 191 Å². The Morgan fingerprint density at radius 2 is 1.83 bits per heavy atom. The van der Waals surface area contributed by atoms with Gasteiger partial charge in [0.1, 0.15) is 17.7 Å². The van der Waals surface area contributed by atoms with Gasteiger partial charge in [-0.2, -0.15) is 0 Å². The van der Waals surface area contributed by atoms with E-state index in [1.54, 1.807) is 18.2 Å². The van der Waals surface area contributed by atoms with Gasteiger partial charge in [0.2, 0.25) is 0 Å². The molecule has 0 aromatic heterocycles. The van der Waals surface area contributed by atoms with Crippen LogP contribution in [0, 0.1) is 5.82 Å². The summed E-state index contributed by atoms with van der Waals surface area (Å²) in [6.45, 7) is 2.27. The highest BCUT2D eigenvalue weighted by Gasteiger charge is 2.30. The minimum atomic E-state index is -1.21. The molecule has 1 aliphatic carbocycles. The maximum atomic E-state index is 14.2. The number of carboxylic acids is 1. The van der Waals surface area contributed by atoms with Gasteiger partial charge in [-0.3, -0.25) is 4.90 Å². The number of benzene rings is 2. The van der Waals surface area contributed by atoms with Crippen LogP contribution in [0.25, 0.3) is 0 Å². The number of carboxylic acid groups (broad SMARTS) is 1. The van der Waals surface area contributed by atoms with Crippen LogP contribution in [-0.2, 0) is 6.54 Å². The van der Waals surface area contributed by atoms with E-state index in [0.717, 1.165) is 49.9 Å². The first-order chi connectivity index (χ1) is 13.9. The van der Waals surface area contributed by atoms with Crippen molar-refractivity contribution in [2.24, 2.45) is 0 Å². The second-order valence-electron chi connectivity index (χ2n) is 7.78. The van der Waals surface area contributed by atoms with E-state index in [2.05, 4.69) is 4.90 Å². The van der Waals surface area contributed by atoms with Gasteiger partial charge in [0.05, 0.1) is 10.6 Å². The molecular weight excluding hydrogens is 452 g/mol. The van der Waals surface area contributed by atoms with Crippen LogP contribution >= 0.6 is 35.6 Å². The highest BCUT2D eigenvalue weighted by Crippen LogP contribution is 2.43. The van der Waals surface area contributed by atoms with Gasteiger partial charge in [0, 0.05) is 24.7 Å². The average molecular weight is 475 g/mol. The number of carbonyl (C=O) groups is 1. The van der Waals surface area contributed by atoms with Crippen molar-refractivity contribution in [2.75, 3.05) is 13.1 Å². The molecule has 4 rings (SSSR count). The van der Waals surface area contributed by atoms with Crippen LogP contribution in [0.5, 0.6) is 5.75 Å². The van der Waals surface area contributed by atoms with E-state index in [0.29, 0.717) is 28.3 Å². The zero-order valence-electron chi connectivity index (χ0n) is 16.2. The SMILES string of the molecule is Cl.O=C(O)c1cc(C2CC2)c(CN2CCC(Oc3ccc(Cl)cc3Cl)CC2)cc1F. The molecule has 0 unspecified atom stereocenters. The van der Waals surface area contributed by atoms with Gasteiger partial charge in [0.25, 0.3) is 0 Å². The molecule has 0 spiro atoms. The molecule has 0 bridgehead atoms. The Bertz CT molecular complexity index is 928. The summed E-state index contributed by atoms with van der Waals surface area (Å²) < 4.78 is 20.3. The number of nitrogens with zero attached hydrogens (tertiary/aromatic N) is 1. The maximum Gasteiger partial charge on any atom is 0.338 e. The molecule has 2 aliphatic rings. The molecule has 0 atom stereocenters. The first kappa shape index (κ1) is 23.1. The molecule has 0 radical (unpaired) electrons. The minimum Gasteiger partial charge on any atom is -0.489 e. The summed E-state index contributed by atoms with van der Waals surface area (Å²) in [6, 6.07) is 8.15. The first-order valence-electron chi connectivity index (χ1n) is 9.80. The molecule has 1 saturated carbocycles. The predicted octanol–water partition coefficient (Wildman–Crippen LogP) is 6.17. The standard InChI is InChI=1S/C22H22Cl2FNO3.ClH/c23-15-3-4-21(19(24)10-15)29-16-5-7-26(8-6-16)12-14-9-20(25)18(22(27)28)11-17(14)13-1-2-13;/h3-4,9-11,13,16H,1-2,5-8,12H2,(H,27,28);1H. The molecule has 1 N–H and O–H groups in total. The lowest BCUT2D eigenvalue weighted by atomic mass is 9.98. The molecule has 2 fully saturated rings. The van der Waals surface area contributed by atoms with E-state index in [-0.39, 0.29) is 24.1 Å². The normalized spacial score (nSPS) is 17.4. The van der Waals surface area contributed by atoms with E-state index in [1.807, 2.05) is 0 Å². The molecular formula is C22H23Cl3FNO3. The van der Waals surface area contributed by atoms with E-state index < -0.39 is 11.8 Å². The van der Waals surface area contributed by atoms with Crippen molar-refractivity contribution in [1.82, 2.24) is 4.90 Å². The summed E-state index contributed by atoms with van der Waals surface area (Å²) >= 11 is 12.1. The number of halogens is 4. The van der Waals surface area contributed by atoms with E-state index in [9.17, 15) is 14.3 Å². The third-order valence-electron chi connectivity index (χ3n) is 5.59. The molecule has 1 heterocycles. The fourth-order valence-electron chi connectivity index (χ4n) is 3.88. The van der Waals surface area contributed by atoms with Gasteiger partial charge in [0.15, 0.2) is 0 Å². The summed E-state index contributed by atoms with van der Waals surface area (Å²) in [5.41, 5.74) is 1.65. The predicted molar refractivity (Wildman–Crippen MR) is 118 cm³/mol. The second-order valence-corrected chi connectivity index (χ2v) is 8.62. The smallest absolute Gasteiger partial charge is 0.338 e.